The Hall–Kier alpha value is -3.13. The van der Waals surface area contributed by atoms with E-state index in [9.17, 15) is 9.59 Å². The first-order valence-electron chi connectivity index (χ1n) is 8.36. The molecular formula is C19H24N4O4. The van der Waals surface area contributed by atoms with E-state index >= 15 is 0 Å². The number of hydrogen-bond donors (Lipinski definition) is 2. The molecule has 8 nitrogen and oxygen atoms in total. The van der Waals surface area contributed by atoms with E-state index in [1.807, 2.05) is 19.0 Å². The van der Waals surface area contributed by atoms with Gasteiger partial charge >= 0.3 is 0 Å². The standard InChI is InChI=1S/C19H24N4O4/c1-23(2)8-7-21-18(24)13-9-14(12-20-11-13)19(25)22-15-5-6-16(26-3)17(10-15)27-4/h5-6,9-12H,7-8H2,1-4H3,(H,21,24)(H,22,25). The molecule has 0 aliphatic rings. The van der Waals surface area contributed by atoms with Gasteiger partial charge in [0.2, 0.25) is 0 Å². The maximum absolute atomic E-state index is 12.5. The van der Waals surface area contributed by atoms with E-state index in [0.29, 0.717) is 29.3 Å². The van der Waals surface area contributed by atoms with E-state index in [0.717, 1.165) is 6.54 Å². The Morgan fingerprint density at radius 1 is 1.00 bits per heavy atom. The summed E-state index contributed by atoms with van der Waals surface area (Å²) in [4.78, 5) is 30.6. The van der Waals surface area contributed by atoms with Crippen LogP contribution in [0.1, 0.15) is 20.7 Å². The number of methoxy groups -OCH3 is 2. The summed E-state index contributed by atoms with van der Waals surface area (Å²) in [5.74, 6) is 0.416. The molecule has 0 radical (unpaired) electrons. The highest BCUT2D eigenvalue weighted by Gasteiger charge is 2.13. The van der Waals surface area contributed by atoms with Crippen LogP contribution in [0.5, 0.6) is 11.5 Å². The van der Waals surface area contributed by atoms with E-state index in [2.05, 4.69) is 15.6 Å². The van der Waals surface area contributed by atoms with E-state index in [4.69, 9.17) is 9.47 Å². The minimum Gasteiger partial charge on any atom is -0.493 e. The summed E-state index contributed by atoms with van der Waals surface area (Å²) < 4.78 is 10.4. The number of ether oxygens (including phenoxy) is 2. The molecule has 27 heavy (non-hydrogen) atoms. The van der Waals surface area contributed by atoms with Gasteiger partial charge in [-0.3, -0.25) is 14.6 Å². The Morgan fingerprint density at radius 3 is 2.30 bits per heavy atom. The van der Waals surface area contributed by atoms with Crippen molar-refractivity contribution < 1.29 is 19.1 Å². The van der Waals surface area contributed by atoms with E-state index < -0.39 is 0 Å². The number of nitrogens with zero attached hydrogens (tertiary/aromatic N) is 2. The molecule has 2 amide bonds. The molecule has 0 fully saturated rings. The second kappa shape index (κ2) is 9.54. The van der Waals surface area contributed by atoms with Crippen LogP contribution in [0.25, 0.3) is 0 Å². The molecule has 0 aliphatic heterocycles. The zero-order chi connectivity index (χ0) is 19.8. The van der Waals surface area contributed by atoms with Crippen LogP contribution in [0.15, 0.2) is 36.7 Å². The van der Waals surface area contributed by atoms with Crippen LogP contribution in [0.3, 0.4) is 0 Å². The molecule has 8 heteroatoms. The number of pyridine rings is 1. The van der Waals surface area contributed by atoms with Crippen molar-refractivity contribution >= 4 is 17.5 Å². The van der Waals surface area contributed by atoms with Crippen LogP contribution < -0.4 is 20.1 Å². The van der Waals surface area contributed by atoms with Crippen LogP contribution in [0, 0.1) is 0 Å². The smallest absolute Gasteiger partial charge is 0.257 e. The van der Waals surface area contributed by atoms with Gasteiger partial charge in [0.15, 0.2) is 11.5 Å². The number of carbonyl (C=O) groups excluding carboxylic acids is 2. The highest BCUT2D eigenvalue weighted by Crippen LogP contribution is 2.29. The fraction of sp³-hybridized carbons (Fsp3) is 0.316. The van der Waals surface area contributed by atoms with Crippen molar-refractivity contribution in [2.24, 2.45) is 0 Å². The summed E-state index contributed by atoms with van der Waals surface area (Å²) in [5.41, 5.74) is 1.15. The van der Waals surface area contributed by atoms with Gasteiger partial charge in [-0.05, 0) is 32.3 Å². The molecule has 2 rings (SSSR count). The van der Waals surface area contributed by atoms with E-state index in [1.54, 1.807) is 18.2 Å². The molecule has 144 valence electrons. The topological polar surface area (TPSA) is 92.8 Å². The molecule has 2 N–H and O–H groups in total. The lowest BCUT2D eigenvalue weighted by atomic mass is 10.1. The molecule has 1 heterocycles. The molecule has 0 unspecified atom stereocenters. The summed E-state index contributed by atoms with van der Waals surface area (Å²) in [6.45, 7) is 1.23. The van der Waals surface area contributed by atoms with Gasteiger partial charge in [-0.1, -0.05) is 0 Å². The SMILES string of the molecule is COc1ccc(NC(=O)c2cncc(C(=O)NCCN(C)C)c2)cc1OC. The lowest BCUT2D eigenvalue weighted by molar-refractivity contribution is 0.0950. The molecule has 0 aliphatic carbocycles. The van der Waals surface area contributed by atoms with Crippen molar-refractivity contribution in [1.29, 1.82) is 0 Å². The zero-order valence-corrected chi connectivity index (χ0v) is 15.9. The Balaban J connectivity index is 2.07. The van der Waals surface area contributed by atoms with Gasteiger partial charge in [0.25, 0.3) is 11.8 Å². The Labute approximate surface area is 158 Å². The summed E-state index contributed by atoms with van der Waals surface area (Å²) in [7, 11) is 6.91. The molecule has 2 aromatic rings. The summed E-state index contributed by atoms with van der Waals surface area (Å²) in [5, 5.41) is 5.55. The van der Waals surface area contributed by atoms with Crippen molar-refractivity contribution in [2.45, 2.75) is 0 Å². The third-order valence-corrected chi connectivity index (χ3v) is 3.75. The van der Waals surface area contributed by atoms with Crippen molar-refractivity contribution in [3.05, 3.63) is 47.8 Å². The lowest BCUT2D eigenvalue weighted by Crippen LogP contribution is -2.31. The second-order valence-corrected chi connectivity index (χ2v) is 6.05. The summed E-state index contributed by atoms with van der Waals surface area (Å²) in [6, 6.07) is 6.56. The van der Waals surface area contributed by atoms with E-state index in [1.165, 1.54) is 32.7 Å². The maximum Gasteiger partial charge on any atom is 0.257 e. The van der Waals surface area contributed by atoms with Crippen LogP contribution in [-0.2, 0) is 0 Å². The first-order chi connectivity index (χ1) is 12.9. The number of benzene rings is 1. The normalized spacial score (nSPS) is 10.4. The zero-order valence-electron chi connectivity index (χ0n) is 15.9. The number of nitrogens with one attached hydrogen (secondary N) is 2. The van der Waals surface area contributed by atoms with Crippen LogP contribution >= 0.6 is 0 Å². The average molecular weight is 372 g/mol. The predicted octanol–water partition coefficient (Wildman–Crippen LogP) is 1.64. The highest BCUT2D eigenvalue weighted by atomic mass is 16.5. The van der Waals surface area contributed by atoms with Gasteiger partial charge in [-0.25, -0.2) is 0 Å². The number of amides is 2. The van der Waals surface area contributed by atoms with Crippen LogP contribution in [0.4, 0.5) is 5.69 Å². The molecular weight excluding hydrogens is 348 g/mol. The van der Waals surface area contributed by atoms with Gasteiger partial charge < -0.3 is 25.0 Å². The number of rotatable bonds is 8. The van der Waals surface area contributed by atoms with Gasteiger partial charge in [0, 0.05) is 37.2 Å². The number of carbonyl (C=O) groups is 2. The van der Waals surface area contributed by atoms with Gasteiger partial charge in [0.05, 0.1) is 25.3 Å². The quantitative estimate of drug-likeness (QED) is 0.732. The molecule has 0 saturated heterocycles. The first-order valence-corrected chi connectivity index (χ1v) is 8.36. The first kappa shape index (κ1) is 20.2. The lowest BCUT2D eigenvalue weighted by Gasteiger charge is -2.11. The molecule has 0 spiro atoms. The number of likely N-dealkylation sites (N-methyl/N-ethyl adjacent to an activating group) is 1. The van der Waals surface area contributed by atoms with Crippen LogP contribution in [0.2, 0.25) is 0 Å². The minimum absolute atomic E-state index is 0.273. The minimum atomic E-state index is -0.377. The highest BCUT2D eigenvalue weighted by molar-refractivity contribution is 6.06. The third-order valence-electron chi connectivity index (χ3n) is 3.75. The van der Waals surface area contributed by atoms with Crippen LogP contribution in [-0.4, -0.2) is 63.1 Å². The van der Waals surface area contributed by atoms with Gasteiger partial charge in [-0.15, -0.1) is 0 Å². The fourth-order valence-corrected chi connectivity index (χ4v) is 2.30. The fourth-order valence-electron chi connectivity index (χ4n) is 2.30. The summed E-state index contributed by atoms with van der Waals surface area (Å²) >= 11 is 0. The Morgan fingerprint density at radius 2 is 1.67 bits per heavy atom. The van der Waals surface area contributed by atoms with Crippen molar-refractivity contribution in [3.63, 3.8) is 0 Å². The molecule has 0 saturated carbocycles. The Bertz CT molecular complexity index is 808. The van der Waals surface area contributed by atoms with Gasteiger partial charge in [-0.2, -0.15) is 0 Å². The number of aromatic nitrogens is 1. The molecule has 0 atom stereocenters. The van der Waals surface area contributed by atoms with Crippen molar-refractivity contribution in [3.8, 4) is 11.5 Å². The predicted molar refractivity (Wildman–Crippen MR) is 103 cm³/mol. The number of anilines is 1. The average Bonchev–Trinajstić information content (AvgIpc) is 2.67. The maximum atomic E-state index is 12.5. The second-order valence-electron chi connectivity index (χ2n) is 6.05. The molecule has 1 aromatic carbocycles. The van der Waals surface area contributed by atoms with Crippen molar-refractivity contribution in [1.82, 2.24) is 15.2 Å². The molecule has 0 bridgehead atoms. The number of hydrogen-bond acceptors (Lipinski definition) is 6. The Kier molecular flexibility index (Phi) is 7.13. The largest absolute Gasteiger partial charge is 0.493 e. The molecule has 1 aromatic heterocycles. The third kappa shape index (κ3) is 5.68. The van der Waals surface area contributed by atoms with E-state index in [-0.39, 0.29) is 17.4 Å². The van der Waals surface area contributed by atoms with Gasteiger partial charge in [0.1, 0.15) is 0 Å². The van der Waals surface area contributed by atoms with Crippen molar-refractivity contribution in [2.75, 3.05) is 46.7 Å². The monoisotopic (exact) mass is 372 g/mol. The summed E-state index contributed by atoms with van der Waals surface area (Å²) in [6.07, 6.45) is 2.84.